The van der Waals surface area contributed by atoms with E-state index in [2.05, 4.69) is 26.2 Å². The number of hydrogen-bond donors (Lipinski definition) is 2. The van der Waals surface area contributed by atoms with E-state index in [1.807, 2.05) is 13.8 Å². The lowest BCUT2D eigenvalue weighted by atomic mass is 10.1. The highest BCUT2D eigenvalue weighted by molar-refractivity contribution is 9.10. The lowest BCUT2D eigenvalue weighted by Gasteiger charge is -2.19. The lowest BCUT2D eigenvalue weighted by Crippen LogP contribution is -2.41. The molecule has 0 aliphatic heterocycles. The number of aromatic nitrogens is 1. The first-order chi connectivity index (χ1) is 7.54. The molecule has 0 unspecified atom stereocenters. The summed E-state index contributed by atoms with van der Waals surface area (Å²) in [4.78, 5) is 15.7. The molecule has 1 amide bonds. The van der Waals surface area contributed by atoms with Gasteiger partial charge in [0.15, 0.2) is 0 Å². The van der Waals surface area contributed by atoms with E-state index >= 15 is 0 Å². The number of pyridine rings is 1. The van der Waals surface area contributed by atoms with Gasteiger partial charge in [-0.3, -0.25) is 9.78 Å². The number of carbonyl (C=O) groups excluding carboxylic acids is 1. The highest BCUT2D eigenvalue weighted by atomic mass is 79.9. The van der Waals surface area contributed by atoms with Gasteiger partial charge in [0.2, 0.25) is 0 Å². The number of hydrogen-bond acceptors (Lipinski definition) is 3. The molecule has 0 aliphatic carbocycles. The normalized spacial score (nSPS) is 12.6. The summed E-state index contributed by atoms with van der Waals surface area (Å²) < 4.78 is 0.755. The maximum absolute atomic E-state index is 11.8. The van der Waals surface area contributed by atoms with Gasteiger partial charge in [0.05, 0.1) is 18.2 Å². The predicted molar refractivity (Wildman–Crippen MR) is 65.1 cm³/mol. The van der Waals surface area contributed by atoms with E-state index in [9.17, 15) is 4.79 Å². The zero-order valence-corrected chi connectivity index (χ0v) is 10.9. The third kappa shape index (κ3) is 3.57. The number of carbonyl (C=O) groups is 1. The molecule has 0 saturated carbocycles. The molecule has 0 spiro atoms. The van der Waals surface area contributed by atoms with Crippen LogP contribution in [0.4, 0.5) is 0 Å². The van der Waals surface area contributed by atoms with Crippen LogP contribution in [0.1, 0.15) is 24.2 Å². The van der Waals surface area contributed by atoms with E-state index < -0.39 is 0 Å². The number of nitrogens with one attached hydrogen (secondary N) is 1. The molecule has 2 N–H and O–H groups in total. The summed E-state index contributed by atoms with van der Waals surface area (Å²) in [7, 11) is 0. The van der Waals surface area contributed by atoms with E-state index in [-0.39, 0.29) is 24.5 Å². The van der Waals surface area contributed by atoms with Crippen LogP contribution in [0.3, 0.4) is 0 Å². The molecule has 16 heavy (non-hydrogen) atoms. The van der Waals surface area contributed by atoms with Gasteiger partial charge in [0.1, 0.15) is 0 Å². The van der Waals surface area contributed by atoms with Crippen LogP contribution in [0.25, 0.3) is 0 Å². The maximum Gasteiger partial charge on any atom is 0.253 e. The number of halogens is 1. The third-order valence-corrected chi connectivity index (χ3v) is 2.72. The quantitative estimate of drug-likeness (QED) is 0.884. The van der Waals surface area contributed by atoms with Crippen molar-refractivity contribution in [2.45, 2.75) is 19.9 Å². The second-order valence-corrected chi connectivity index (χ2v) is 4.81. The van der Waals surface area contributed by atoms with Crippen molar-refractivity contribution in [2.24, 2.45) is 5.92 Å². The van der Waals surface area contributed by atoms with Crippen molar-refractivity contribution < 1.29 is 9.90 Å². The molecular weight excluding hydrogens is 272 g/mol. The van der Waals surface area contributed by atoms with Crippen molar-refractivity contribution in [1.29, 1.82) is 0 Å². The zero-order valence-electron chi connectivity index (χ0n) is 9.27. The molecule has 0 radical (unpaired) electrons. The molecule has 4 nitrogen and oxygen atoms in total. The van der Waals surface area contributed by atoms with Gasteiger partial charge < -0.3 is 10.4 Å². The predicted octanol–water partition coefficient (Wildman–Crippen LogP) is 1.59. The summed E-state index contributed by atoms with van der Waals surface area (Å²) in [5, 5.41) is 11.9. The van der Waals surface area contributed by atoms with Gasteiger partial charge in [-0.05, 0) is 27.9 Å². The Bertz CT molecular complexity index is 369. The van der Waals surface area contributed by atoms with E-state index in [0.29, 0.717) is 5.56 Å². The molecule has 0 saturated heterocycles. The molecule has 0 fully saturated rings. The molecule has 1 aromatic heterocycles. The summed E-state index contributed by atoms with van der Waals surface area (Å²) in [6, 6.07) is 1.46. The van der Waals surface area contributed by atoms with Gasteiger partial charge >= 0.3 is 0 Å². The molecule has 88 valence electrons. The molecule has 1 aromatic rings. The summed E-state index contributed by atoms with van der Waals surface area (Å²) in [5.41, 5.74) is 0.480. The Morgan fingerprint density at radius 3 is 2.75 bits per heavy atom. The van der Waals surface area contributed by atoms with E-state index in [0.717, 1.165) is 4.47 Å². The van der Waals surface area contributed by atoms with E-state index in [1.54, 1.807) is 12.3 Å². The van der Waals surface area contributed by atoms with Crippen LogP contribution < -0.4 is 5.32 Å². The van der Waals surface area contributed by atoms with Gasteiger partial charge in [-0.15, -0.1) is 0 Å². The van der Waals surface area contributed by atoms with Crippen LogP contribution in [0, 0.1) is 5.92 Å². The van der Waals surface area contributed by atoms with Crippen molar-refractivity contribution >= 4 is 21.8 Å². The molecule has 1 heterocycles. The molecule has 5 heteroatoms. The molecular formula is C11H15BrN2O2. The fourth-order valence-electron chi connectivity index (χ4n) is 1.21. The van der Waals surface area contributed by atoms with Crippen LogP contribution in [0.15, 0.2) is 22.9 Å². The minimum atomic E-state index is -0.230. The minimum Gasteiger partial charge on any atom is -0.394 e. The molecule has 1 atom stereocenters. The van der Waals surface area contributed by atoms with Crippen LogP contribution in [0.2, 0.25) is 0 Å². The number of rotatable bonds is 4. The summed E-state index contributed by atoms with van der Waals surface area (Å²) >= 11 is 3.25. The van der Waals surface area contributed by atoms with Gasteiger partial charge in [0.25, 0.3) is 5.91 Å². The second-order valence-electron chi connectivity index (χ2n) is 3.90. The SMILES string of the molecule is CC(C)[C@@H](CO)NC(=O)c1cncc(Br)c1. The van der Waals surface area contributed by atoms with Crippen LogP contribution in [-0.4, -0.2) is 28.6 Å². The first kappa shape index (κ1) is 13.1. The first-order valence-electron chi connectivity index (χ1n) is 5.07. The van der Waals surface area contributed by atoms with Gasteiger partial charge in [-0.1, -0.05) is 13.8 Å². The van der Waals surface area contributed by atoms with Gasteiger partial charge in [-0.25, -0.2) is 0 Å². The Balaban J connectivity index is 2.72. The average molecular weight is 287 g/mol. The Morgan fingerprint density at radius 1 is 1.56 bits per heavy atom. The molecule has 0 aromatic carbocycles. The number of aliphatic hydroxyl groups excluding tert-OH is 1. The maximum atomic E-state index is 11.8. The van der Waals surface area contributed by atoms with E-state index in [1.165, 1.54) is 6.20 Å². The average Bonchev–Trinajstić information content (AvgIpc) is 2.25. The highest BCUT2D eigenvalue weighted by Gasteiger charge is 2.16. The second kappa shape index (κ2) is 5.96. The van der Waals surface area contributed by atoms with Crippen molar-refractivity contribution in [1.82, 2.24) is 10.3 Å². The van der Waals surface area contributed by atoms with Crippen molar-refractivity contribution in [2.75, 3.05) is 6.61 Å². The number of aliphatic hydroxyl groups is 1. The van der Waals surface area contributed by atoms with Gasteiger partial charge in [0, 0.05) is 16.9 Å². The Morgan fingerprint density at radius 2 is 2.25 bits per heavy atom. The minimum absolute atomic E-state index is 0.0646. The smallest absolute Gasteiger partial charge is 0.253 e. The monoisotopic (exact) mass is 286 g/mol. The third-order valence-electron chi connectivity index (χ3n) is 2.28. The van der Waals surface area contributed by atoms with Crippen molar-refractivity contribution in [3.05, 3.63) is 28.5 Å². The number of nitrogens with zero attached hydrogens (tertiary/aromatic N) is 1. The van der Waals surface area contributed by atoms with Gasteiger partial charge in [-0.2, -0.15) is 0 Å². The zero-order chi connectivity index (χ0) is 12.1. The fourth-order valence-corrected chi connectivity index (χ4v) is 1.58. The van der Waals surface area contributed by atoms with E-state index in [4.69, 9.17) is 5.11 Å². The lowest BCUT2D eigenvalue weighted by molar-refractivity contribution is 0.0896. The Hall–Kier alpha value is -0.940. The first-order valence-corrected chi connectivity index (χ1v) is 5.86. The topological polar surface area (TPSA) is 62.2 Å². The molecule has 0 aliphatic rings. The van der Waals surface area contributed by atoms with Crippen LogP contribution in [-0.2, 0) is 0 Å². The van der Waals surface area contributed by atoms with Crippen LogP contribution in [0.5, 0.6) is 0 Å². The standard InChI is InChI=1S/C11H15BrN2O2/c1-7(2)10(6-15)14-11(16)8-3-9(12)5-13-4-8/h3-5,7,10,15H,6H2,1-2H3,(H,14,16)/t10-/m1/s1. The summed E-state index contributed by atoms with van der Waals surface area (Å²) in [5.74, 6) is -0.0318. The Kier molecular flexibility index (Phi) is 4.89. The fraction of sp³-hybridized carbons (Fsp3) is 0.455. The van der Waals surface area contributed by atoms with Crippen molar-refractivity contribution in [3.8, 4) is 0 Å². The largest absolute Gasteiger partial charge is 0.394 e. The highest BCUT2D eigenvalue weighted by Crippen LogP contribution is 2.10. The number of amides is 1. The summed E-state index contributed by atoms with van der Waals surface area (Å²) in [6.45, 7) is 3.82. The van der Waals surface area contributed by atoms with Crippen LogP contribution >= 0.6 is 15.9 Å². The van der Waals surface area contributed by atoms with Crippen molar-refractivity contribution in [3.63, 3.8) is 0 Å². The molecule has 1 rings (SSSR count). The molecule has 0 bridgehead atoms. The Labute approximate surface area is 103 Å². The summed E-state index contributed by atoms with van der Waals surface area (Å²) in [6.07, 6.45) is 3.11.